The molecular weight excluding hydrogens is 198 g/mol. The fourth-order valence-electron chi connectivity index (χ4n) is 1.48. The van der Waals surface area contributed by atoms with E-state index in [9.17, 15) is 0 Å². The molecule has 1 aliphatic heterocycles. The lowest BCUT2D eigenvalue weighted by Crippen LogP contribution is -2.42. The van der Waals surface area contributed by atoms with Crippen LogP contribution < -0.4 is 5.32 Å². The van der Waals surface area contributed by atoms with Crippen LogP contribution in [0.5, 0.6) is 0 Å². The van der Waals surface area contributed by atoms with Gasteiger partial charge in [-0.25, -0.2) is 0 Å². The van der Waals surface area contributed by atoms with E-state index in [2.05, 4.69) is 44.1 Å². The van der Waals surface area contributed by atoms with E-state index in [1.165, 1.54) is 18.6 Å². The van der Waals surface area contributed by atoms with Crippen molar-refractivity contribution in [3.05, 3.63) is 0 Å². The summed E-state index contributed by atoms with van der Waals surface area (Å²) in [5.41, 5.74) is 0. The minimum absolute atomic E-state index is 0.418. The smallest absolute Gasteiger partial charge is 0.0547 e. The first-order valence-corrected chi connectivity index (χ1v) is 7.24. The topological polar surface area (TPSA) is 12.0 Å². The van der Waals surface area contributed by atoms with Gasteiger partial charge in [-0.2, -0.15) is 11.8 Å². The van der Waals surface area contributed by atoms with E-state index in [4.69, 9.17) is 0 Å². The van der Waals surface area contributed by atoms with Gasteiger partial charge in [-0.3, -0.25) is 0 Å². The quantitative estimate of drug-likeness (QED) is 0.784. The summed E-state index contributed by atoms with van der Waals surface area (Å²) in [5, 5.41) is 4.33. The highest BCUT2D eigenvalue weighted by molar-refractivity contribution is 8.00. The average molecular weight is 219 g/mol. The summed E-state index contributed by atoms with van der Waals surface area (Å²) in [6.07, 6.45) is 4.79. The van der Waals surface area contributed by atoms with Crippen LogP contribution >= 0.6 is 23.5 Å². The van der Waals surface area contributed by atoms with Gasteiger partial charge in [0.05, 0.1) is 5.37 Å². The molecule has 0 aromatic carbocycles. The normalized spacial score (nSPS) is 30.5. The number of rotatable bonds is 3. The van der Waals surface area contributed by atoms with Crippen LogP contribution in [0.3, 0.4) is 0 Å². The maximum atomic E-state index is 3.66. The molecule has 78 valence electrons. The number of hydrogen-bond acceptors (Lipinski definition) is 3. The van der Waals surface area contributed by atoms with Gasteiger partial charge in [-0.15, -0.1) is 11.8 Å². The maximum Gasteiger partial charge on any atom is 0.0547 e. The molecule has 0 aromatic heterocycles. The SMILES string of the molecule is CSC(C)(C)CC1NC(C)CCS1. The van der Waals surface area contributed by atoms with E-state index in [0.717, 1.165) is 0 Å². The summed E-state index contributed by atoms with van der Waals surface area (Å²) in [7, 11) is 0. The van der Waals surface area contributed by atoms with E-state index < -0.39 is 0 Å². The molecule has 13 heavy (non-hydrogen) atoms. The van der Waals surface area contributed by atoms with Crippen LogP contribution in [0.4, 0.5) is 0 Å². The molecule has 0 saturated carbocycles. The van der Waals surface area contributed by atoms with Gasteiger partial charge >= 0.3 is 0 Å². The van der Waals surface area contributed by atoms with Gasteiger partial charge < -0.3 is 5.32 Å². The Morgan fingerprint density at radius 3 is 2.77 bits per heavy atom. The summed E-state index contributed by atoms with van der Waals surface area (Å²) in [4.78, 5) is 0. The third kappa shape index (κ3) is 4.13. The van der Waals surface area contributed by atoms with Crippen LogP contribution in [0.2, 0.25) is 0 Å². The van der Waals surface area contributed by atoms with Gasteiger partial charge in [0, 0.05) is 10.8 Å². The highest BCUT2D eigenvalue weighted by Crippen LogP contribution is 2.32. The van der Waals surface area contributed by atoms with E-state index in [1.807, 2.05) is 11.8 Å². The van der Waals surface area contributed by atoms with Gasteiger partial charge in [0.15, 0.2) is 0 Å². The molecule has 2 unspecified atom stereocenters. The number of hydrogen-bond donors (Lipinski definition) is 1. The van der Waals surface area contributed by atoms with Gasteiger partial charge in [0.25, 0.3) is 0 Å². The number of thioether (sulfide) groups is 2. The first kappa shape index (κ1) is 11.7. The molecule has 1 rings (SSSR count). The van der Waals surface area contributed by atoms with E-state index >= 15 is 0 Å². The molecule has 0 bridgehead atoms. The summed E-state index contributed by atoms with van der Waals surface area (Å²) >= 11 is 4.05. The second-order valence-corrected chi connectivity index (χ2v) is 7.21. The van der Waals surface area contributed by atoms with Crippen LogP contribution in [-0.4, -0.2) is 28.2 Å². The van der Waals surface area contributed by atoms with Gasteiger partial charge in [0.1, 0.15) is 0 Å². The molecular formula is C10H21NS2. The Morgan fingerprint density at radius 2 is 2.23 bits per heavy atom. The van der Waals surface area contributed by atoms with Crippen molar-refractivity contribution in [3.8, 4) is 0 Å². The van der Waals surface area contributed by atoms with Crippen molar-refractivity contribution in [2.24, 2.45) is 0 Å². The van der Waals surface area contributed by atoms with E-state index in [1.54, 1.807) is 0 Å². The molecule has 1 heterocycles. The van der Waals surface area contributed by atoms with E-state index in [-0.39, 0.29) is 0 Å². The van der Waals surface area contributed by atoms with Crippen LogP contribution in [-0.2, 0) is 0 Å². The summed E-state index contributed by atoms with van der Waals surface area (Å²) < 4.78 is 0.418. The second-order valence-electron chi connectivity index (χ2n) is 4.38. The molecule has 1 aliphatic rings. The molecule has 2 atom stereocenters. The lowest BCUT2D eigenvalue weighted by Gasteiger charge is -2.33. The monoisotopic (exact) mass is 219 g/mol. The van der Waals surface area contributed by atoms with Crippen molar-refractivity contribution < 1.29 is 0 Å². The lowest BCUT2D eigenvalue weighted by molar-refractivity contribution is 0.459. The van der Waals surface area contributed by atoms with Crippen molar-refractivity contribution in [2.75, 3.05) is 12.0 Å². The Kier molecular flexibility index (Phi) is 4.46. The van der Waals surface area contributed by atoms with Crippen molar-refractivity contribution in [1.29, 1.82) is 0 Å². The predicted octanol–water partition coefficient (Wildman–Crippen LogP) is 2.96. The highest BCUT2D eigenvalue weighted by atomic mass is 32.2. The zero-order chi connectivity index (χ0) is 9.90. The fraction of sp³-hybridized carbons (Fsp3) is 1.00. The van der Waals surface area contributed by atoms with Gasteiger partial charge in [-0.05, 0) is 31.8 Å². The zero-order valence-electron chi connectivity index (χ0n) is 9.09. The predicted molar refractivity (Wildman–Crippen MR) is 65.7 cm³/mol. The number of nitrogens with one attached hydrogen (secondary N) is 1. The highest BCUT2D eigenvalue weighted by Gasteiger charge is 2.25. The molecule has 1 nitrogen and oxygen atoms in total. The molecule has 0 spiro atoms. The first-order chi connectivity index (χ1) is 6.03. The molecule has 0 amide bonds. The van der Waals surface area contributed by atoms with Crippen molar-refractivity contribution in [3.63, 3.8) is 0 Å². The Morgan fingerprint density at radius 1 is 1.54 bits per heavy atom. The Labute approximate surface area is 90.8 Å². The Balaban J connectivity index is 2.35. The van der Waals surface area contributed by atoms with Crippen LogP contribution in [0.1, 0.15) is 33.6 Å². The first-order valence-electron chi connectivity index (χ1n) is 4.96. The van der Waals surface area contributed by atoms with Crippen LogP contribution in [0, 0.1) is 0 Å². The minimum Gasteiger partial charge on any atom is -0.303 e. The van der Waals surface area contributed by atoms with Crippen molar-refractivity contribution >= 4 is 23.5 Å². The molecule has 1 saturated heterocycles. The third-order valence-corrected chi connectivity index (χ3v) is 5.02. The van der Waals surface area contributed by atoms with Crippen LogP contribution in [0.15, 0.2) is 0 Å². The lowest BCUT2D eigenvalue weighted by atomic mass is 10.1. The largest absolute Gasteiger partial charge is 0.303 e. The Hall–Kier alpha value is 0.660. The second kappa shape index (κ2) is 4.94. The van der Waals surface area contributed by atoms with Crippen molar-refractivity contribution in [1.82, 2.24) is 5.32 Å². The van der Waals surface area contributed by atoms with E-state index in [0.29, 0.717) is 16.2 Å². The molecule has 0 radical (unpaired) electrons. The minimum atomic E-state index is 0.418. The zero-order valence-corrected chi connectivity index (χ0v) is 10.7. The summed E-state index contributed by atoms with van der Waals surface area (Å²) in [5.74, 6) is 1.32. The van der Waals surface area contributed by atoms with Gasteiger partial charge in [-0.1, -0.05) is 13.8 Å². The molecule has 1 N–H and O–H groups in total. The van der Waals surface area contributed by atoms with Crippen molar-refractivity contribution in [2.45, 2.75) is 49.8 Å². The van der Waals surface area contributed by atoms with Gasteiger partial charge in [0.2, 0.25) is 0 Å². The summed E-state index contributed by atoms with van der Waals surface area (Å²) in [6, 6.07) is 0.712. The maximum absolute atomic E-state index is 3.66. The van der Waals surface area contributed by atoms with Crippen LogP contribution in [0.25, 0.3) is 0 Å². The fourth-order valence-corrected chi connectivity index (χ4v) is 3.56. The average Bonchev–Trinajstić information content (AvgIpc) is 2.03. The molecule has 0 aromatic rings. The molecule has 0 aliphatic carbocycles. The Bertz CT molecular complexity index is 159. The molecule has 3 heteroatoms. The third-order valence-electron chi connectivity index (χ3n) is 2.57. The standard InChI is InChI=1S/C10H21NS2/c1-8-5-6-13-9(11-8)7-10(2,3)12-4/h8-9,11H,5-7H2,1-4H3. The molecule has 1 fully saturated rings. The summed E-state index contributed by atoms with van der Waals surface area (Å²) in [6.45, 7) is 6.96.